The summed E-state index contributed by atoms with van der Waals surface area (Å²) in [5, 5.41) is 0. The molecular weight excluding hydrogens is 224 g/mol. The average molecular weight is 237 g/mol. The normalized spacial score (nSPS) is 17.6. The molecule has 2 heterocycles. The molecule has 0 N–H and O–H groups in total. The summed E-state index contributed by atoms with van der Waals surface area (Å²) >= 11 is 0. The SMILES string of the molecule is CC(=O)C1Cc2cc[c]cc2N1c1ccncc1. The molecule has 0 bridgehead atoms. The van der Waals surface area contributed by atoms with E-state index in [2.05, 4.69) is 16.0 Å². The zero-order chi connectivity index (χ0) is 12.5. The number of aromatic nitrogens is 1. The van der Waals surface area contributed by atoms with E-state index in [1.54, 1.807) is 19.3 Å². The summed E-state index contributed by atoms with van der Waals surface area (Å²) in [6, 6.07) is 12.7. The van der Waals surface area contributed by atoms with E-state index in [0.29, 0.717) is 0 Å². The van der Waals surface area contributed by atoms with Crippen LogP contribution in [0.1, 0.15) is 12.5 Å². The molecule has 0 saturated carbocycles. The summed E-state index contributed by atoms with van der Waals surface area (Å²) in [5.74, 6) is 0.183. The molecule has 1 aliphatic rings. The second-order valence-electron chi connectivity index (χ2n) is 4.46. The van der Waals surface area contributed by atoms with Gasteiger partial charge in [-0.1, -0.05) is 12.1 Å². The number of Topliss-reactive ketones (excluding diaryl/α,β-unsaturated/α-hetero) is 1. The van der Waals surface area contributed by atoms with E-state index in [-0.39, 0.29) is 11.8 Å². The fourth-order valence-electron chi connectivity index (χ4n) is 2.47. The lowest BCUT2D eigenvalue weighted by atomic mass is 10.1. The fraction of sp³-hybridized carbons (Fsp3) is 0.200. The second-order valence-corrected chi connectivity index (χ2v) is 4.46. The highest BCUT2D eigenvalue weighted by Crippen LogP contribution is 2.37. The van der Waals surface area contributed by atoms with E-state index < -0.39 is 0 Å². The zero-order valence-electron chi connectivity index (χ0n) is 10.1. The minimum absolute atomic E-state index is 0.113. The van der Waals surface area contributed by atoms with E-state index in [9.17, 15) is 4.79 Å². The van der Waals surface area contributed by atoms with Crippen LogP contribution in [0.4, 0.5) is 11.4 Å². The third kappa shape index (κ3) is 1.68. The van der Waals surface area contributed by atoms with E-state index >= 15 is 0 Å². The molecule has 2 aromatic rings. The second kappa shape index (κ2) is 4.26. The van der Waals surface area contributed by atoms with Gasteiger partial charge in [-0.15, -0.1) is 0 Å². The molecule has 1 aromatic carbocycles. The quantitative estimate of drug-likeness (QED) is 0.804. The van der Waals surface area contributed by atoms with Crippen LogP contribution in [0.2, 0.25) is 0 Å². The number of anilines is 2. The fourth-order valence-corrected chi connectivity index (χ4v) is 2.47. The summed E-state index contributed by atoms with van der Waals surface area (Å²) in [6.07, 6.45) is 4.26. The minimum Gasteiger partial charge on any atom is -0.330 e. The number of pyridine rings is 1. The highest BCUT2D eigenvalue weighted by Gasteiger charge is 2.32. The first-order valence-electron chi connectivity index (χ1n) is 5.96. The molecule has 3 nitrogen and oxygen atoms in total. The number of carbonyl (C=O) groups is 1. The molecular formula is C15H13N2O. The number of hydrogen-bond acceptors (Lipinski definition) is 3. The maximum absolute atomic E-state index is 11.8. The van der Waals surface area contributed by atoms with Crippen LogP contribution < -0.4 is 4.90 Å². The maximum atomic E-state index is 11.8. The molecule has 3 rings (SSSR count). The van der Waals surface area contributed by atoms with Gasteiger partial charge in [-0.05, 0) is 36.8 Å². The highest BCUT2D eigenvalue weighted by molar-refractivity contribution is 5.91. The number of nitrogens with zero attached hydrogens (tertiary/aromatic N) is 2. The van der Waals surface area contributed by atoms with Gasteiger partial charge in [-0.3, -0.25) is 9.78 Å². The molecule has 0 spiro atoms. The van der Waals surface area contributed by atoms with Crippen LogP contribution in [0.25, 0.3) is 0 Å². The first-order valence-corrected chi connectivity index (χ1v) is 5.96. The first-order chi connectivity index (χ1) is 8.77. The molecule has 3 heteroatoms. The van der Waals surface area contributed by atoms with Gasteiger partial charge in [0.1, 0.15) is 0 Å². The number of hydrogen-bond donors (Lipinski definition) is 0. The molecule has 1 radical (unpaired) electrons. The van der Waals surface area contributed by atoms with Crippen LogP contribution in [0, 0.1) is 6.07 Å². The van der Waals surface area contributed by atoms with Crippen LogP contribution in [0.5, 0.6) is 0 Å². The van der Waals surface area contributed by atoms with Crippen molar-refractivity contribution in [3.05, 3.63) is 54.4 Å². The standard InChI is InChI=1S/C15H13N2O/c1-11(18)15-10-12-4-2-3-5-14(12)17(15)13-6-8-16-9-7-13/h2,4-9,15H,10H2,1H3. The lowest BCUT2D eigenvalue weighted by molar-refractivity contribution is -0.117. The zero-order valence-corrected chi connectivity index (χ0v) is 10.1. The number of ketones is 1. The van der Waals surface area contributed by atoms with Crippen molar-refractivity contribution in [1.29, 1.82) is 0 Å². The first kappa shape index (κ1) is 11.0. The van der Waals surface area contributed by atoms with Gasteiger partial charge in [0.05, 0.1) is 6.04 Å². The summed E-state index contributed by atoms with van der Waals surface area (Å²) in [5.41, 5.74) is 3.28. The van der Waals surface area contributed by atoms with E-state index in [0.717, 1.165) is 17.8 Å². The van der Waals surface area contributed by atoms with Crippen LogP contribution in [0.15, 0.2) is 42.7 Å². The molecule has 18 heavy (non-hydrogen) atoms. The minimum atomic E-state index is -0.113. The lowest BCUT2D eigenvalue weighted by Gasteiger charge is -2.25. The van der Waals surface area contributed by atoms with Gasteiger partial charge in [-0.25, -0.2) is 0 Å². The maximum Gasteiger partial charge on any atom is 0.152 e. The number of fused-ring (bicyclic) bond motifs is 1. The Hall–Kier alpha value is -2.16. The molecule has 1 aromatic heterocycles. The average Bonchev–Trinajstić information content (AvgIpc) is 2.79. The summed E-state index contributed by atoms with van der Waals surface area (Å²) in [7, 11) is 0. The Bertz CT molecular complexity index is 580. The molecule has 1 atom stereocenters. The Morgan fingerprint density at radius 2 is 2.17 bits per heavy atom. The molecule has 1 unspecified atom stereocenters. The van der Waals surface area contributed by atoms with Gasteiger partial charge < -0.3 is 4.90 Å². The lowest BCUT2D eigenvalue weighted by Crippen LogP contribution is -2.33. The number of benzene rings is 1. The number of rotatable bonds is 2. The Morgan fingerprint density at radius 1 is 1.39 bits per heavy atom. The van der Waals surface area contributed by atoms with E-state index in [4.69, 9.17) is 0 Å². The highest BCUT2D eigenvalue weighted by atomic mass is 16.1. The van der Waals surface area contributed by atoms with Crippen molar-refractivity contribution in [3.63, 3.8) is 0 Å². The predicted molar refractivity (Wildman–Crippen MR) is 69.8 cm³/mol. The van der Waals surface area contributed by atoms with E-state index in [1.165, 1.54) is 5.56 Å². The van der Waals surface area contributed by atoms with Crippen molar-refractivity contribution in [2.45, 2.75) is 19.4 Å². The number of carbonyl (C=O) groups excluding carboxylic acids is 1. The summed E-state index contributed by atoms with van der Waals surface area (Å²) < 4.78 is 0. The van der Waals surface area contributed by atoms with Gasteiger partial charge in [0, 0.05) is 30.2 Å². The molecule has 0 saturated heterocycles. The summed E-state index contributed by atoms with van der Waals surface area (Å²) in [6.45, 7) is 1.65. The molecule has 0 amide bonds. The Morgan fingerprint density at radius 3 is 2.89 bits per heavy atom. The monoisotopic (exact) mass is 237 g/mol. The third-order valence-corrected chi connectivity index (χ3v) is 3.32. The summed E-state index contributed by atoms with van der Waals surface area (Å²) in [4.78, 5) is 17.9. The molecule has 1 aliphatic heterocycles. The Kier molecular flexibility index (Phi) is 2.59. The van der Waals surface area contributed by atoms with Crippen molar-refractivity contribution < 1.29 is 4.79 Å². The van der Waals surface area contributed by atoms with Crippen molar-refractivity contribution >= 4 is 17.2 Å². The van der Waals surface area contributed by atoms with Crippen molar-refractivity contribution in [1.82, 2.24) is 4.98 Å². The largest absolute Gasteiger partial charge is 0.330 e. The van der Waals surface area contributed by atoms with Gasteiger partial charge in [0.25, 0.3) is 0 Å². The third-order valence-electron chi connectivity index (χ3n) is 3.32. The van der Waals surface area contributed by atoms with Gasteiger partial charge in [0.2, 0.25) is 0 Å². The van der Waals surface area contributed by atoms with Crippen LogP contribution in [-0.2, 0) is 11.2 Å². The van der Waals surface area contributed by atoms with E-state index in [1.807, 2.05) is 30.3 Å². The molecule has 89 valence electrons. The van der Waals surface area contributed by atoms with Crippen LogP contribution in [0.3, 0.4) is 0 Å². The van der Waals surface area contributed by atoms with Gasteiger partial charge >= 0.3 is 0 Å². The molecule has 0 aliphatic carbocycles. The van der Waals surface area contributed by atoms with Crippen LogP contribution >= 0.6 is 0 Å². The predicted octanol–water partition coefficient (Wildman–Crippen LogP) is 2.53. The smallest absolute Gasteiger partial charge is 0.152 e. The van der Waals surface area contributed by atoms with Crippen molar-refractivity contribution in [2.24, 2.45) is 0 Å². The van der Waals surface area contributed by atoms with Crippen molar-refractivity contribution in [2.75, 3.05) is 4.90 Å². The van der Waals surface area contributed by atoms with Gasteiger partial charge in [0.15, 0.2) is 5.78 Å². The Labute approximate surface area is 106 Å². The van der Waals surface area contributed by atoms with Gasteiger partial charge in [-0.2, -0.15) is 0 Å². The van der Waals surface area contributed by atoms with Crippen LogP contribution in [-0.4, -0.2) is 16.8 Å². The molecule has 0 fully saturated rings. The topological polar surface area (TPSA) is 33.2 Å². The Balaban J connectivity index is 2.11. The van der Waals surface area contributed by atoms with Crippen molar-refractivity contribution in [3.8, 4) is 0 Å².